The summed E-state index contributed by atoms with van der Waals surface area (Å²) in [5.41, 5.74) is 4.49. The van der Waals surface area contributed by atoms with Gasteiger partial charge in [-0.05, 0) is 38.9 Å². The smallest absolute Gasteiger partial charge is 0.0936 e. The highest BCUT2D eigenvalue weighted by molar-refractivity contribution is 7.12. The van der Waals surface area contributed by atoms with Crippen LogP contribution >= 0.6 is 11.3 Å². The first kappa shape index (κ1) is 15.3. The molecule has 0 radical (unpaired) electrons. The number of aromatic nitrogens is 1. The lowest BCUT2D eigenvalue weighted by Crippen LogP contribution is -2.46. The van der Waals surface area contributed by atoms with E-state index in [0.717, 1.165) is 12.8 Å². The third-order valence-corrected chi connectivity index (χ3v) is 7.02. The second-order valence-corrected chi connectivity index (χ2v) is 8.56. The van der Waals surface area contributed by atoms with E-state index >= 15 is 0 Å². The molecule has 1 aromatic heterocycles. The van der Waals surface area contributed by atoms with Crippen LogP contribution in [0.3, 0.4) is 0 Å². The average molecular weight is 327 g/mol. The van der Waals surface area contributed by atoms with E-state index in [1.165, 1.54) is 65.2 Å². The van der Waals surface area contributed by atoms with E-state index in [0.29, 0.717) is 5.54 Å². The minimum absolute atomic E-state index is 0.409. The number of rotatable bonds is 4. The summed E-state index contributed by atoms with van der Waals surface area (Å²) in [5.74, 6) is 0. The van der Waals surface area contributed by atoms with Crippen molar-refractivity contribution in [1.29, 1.82) is 0 Å². The van der Waals surface area contributed by atoms with Gasteiger partial charge in [-0.3, -0.25) is 0 Å². The largest absolute Gasteiger partial charge is 0.304 e. The molecular weight excluding hydrogens is 300 g/mol. The third-order valence-electron chi connectivity index (χ3n) is 5.90. The molecule has 0 spiro atoms. The molecule has 1 saturated carbocycles. The van der Waals surface area contributed by atoms with E-state index in [1.54, 1.807) is 0 Å². The topological polar surface area (TPSA) is 16.1 Å². The molecule has 1 fully saturated rings. The number of benzene rings is 1. The number of thiazole rings is 1. The van der Waals surface area contributed by atoms with Crippen molar-refractivity contribution in [1.82, 2.24) is 9.88 Å². The van der Waals surface area contributed by atoms with Gasteiger partial charge in [0.25, 0.3) is 0 Å². The van der Waals surface area contributed by atoms with Gasteiger partial charge in [0.15, 0.2) is 0 Å². The van der Waals surface area contributed by atoms with Crippen molar-refractivity contribution in [3.05, 3.63) is 39.7 Å². The molecule has 0 bridgehead atoms. The van der Waals surface area contributed by atoms with Crippen LogP contribution in [0.25, 0.3) is 11.3 Å². The monoisotopic (exact) mass is 326 g/mol. The van der Waals surface area contributed by atoms with Gasteiger partial charge in [-0.2, -0.15) is 0 Å². The molecule has 0 aliphatic heterocycles. The highest BCUT2D eigenvalue weighted by Crippen LogP contribution is 2.41. The highest BCUT2D eigenvalue weighted by Gasteiger charge is 2.34. The Hall–Kier alpha value is -1.19. The van der Waals surface area contributed by atoms with Crippen molar-refractivity contribution < 1.29 is 0 Å². The summed E-state index contributed by atoms with van der Waals surface area (Å²) in [6.07, 6.45) is 10.4. The Morgan fingerprint density at radius 3 is 2.70 bits per heavy atom. The summed E-state index contributed by atoms with van der Waals surface area (Å²) in [6, 6.07) is 8.75. The Bertz CT molecular complexity index is 695. The second-order valence-electron chi connectivity index (χ2n) is 7.39. The van der Waals surface area contributed by atoms with Crippen molar-refractivity contribution in [3.8, 4) is 11.3 Å². The molecule has 0 saturated heterocycles. The van der Waals surface area contributed by atoms with Crippen LogP contribution in [0.1, 0.15) is 54.0 Å². The Kier molecular flexibility index (Phi) is 4.02. The van der Waals surface area contributed by atoms with E-state index in [9.17, 15) is 0 Å². The maximum atomic E-state index is 5.01. The summed E-state index contributed by atoms with van der Waals surface area (Å²) in [5, 5.41) is 1.34. The average Bonchev–Trinajstić information content (AvgIpc) is 3.11. The molecule has 2 aliphatic rings. The van der Waals surface area contributed by atoms with Gasteiger partial charge in [0.1, 0.15) is 0 Å². The van der Waals surface area contributed by atoms with Crippen molar-refractivity contribution in [2.24, 2.45) is 0 Å². The summed E-state index contributed by atoms with van der Waals surface area (Å²) in [4.78, 5) is 8.97. The number of aryl methyl sites for hydroxylation is 1. The Morgan fingerprint density at radius 2 is 1.91 bits per heavy atom. The molecule has 23 heavy (non-hydrogen) atoms. The quantitative estimate of drug-likeness (QED) is 0.677. The fourth-order valence-corrected chi connectivity index (χ4v) is 5.49. The molecule has 1 heterocycles. The minimum Gasteiger partial charge on any atom is -0.304 e. The molecule has 0 amide bonds. The molecule has 0 unspecified atom stereocenters. The van der Waals surface area contributed by atoms with Crippen molar-refractivity contribution in [2.75, 3.05) is 14.1 Å². The van der Waals surface area contributed by atoms with E-state index in [1.807, 2.05) is 11.3 Å². The molecule has 2 aromatic rings. The molecule has 2 nitrogen and oxygen atoms in total. The van der Waals surface area contributed by atoms with Gasteiger partial charge in [-0.25, -0.2) is 4.98 Å². The van der Waals surface area contributed by atoms with E-state index in [4.69, 9.17) is 4.98 Å². The lowest BCUT2D eigenvalue weighted by molar-refractivity contribution is 0.0907. The predicted molar refractivity (Wildman–Crippen MR) is 98.2 cm³/mol. The fraction of sp³-hybridized carbons (Fsp3) is 0.550. The van der Waals surface area contributed by atoms with Crippen LogP contribution in [0.2, 0.25) is 0 Å². The first-order valence-electron chi connectivity index (χ1n) is 8.92. The maximum Gasteiger partial charge on any atom is 0.0936 e. The van der Waals surface area contributed by atoms with Crippen LogP contribution in [-0.4, -0.2) is 29.5 Å². The Balaban J connectivity index is 1.51. The zero-order valence-electron chi connectivity index (χ0n) is 14.3. The molecular formula is C20H26N2S. The summed E-state index contributed by atoms with van der Waals surface area (Å²) in [7, 11) is 4.53. The van der Waals surface area contributed by atoms with E-state index in [-0.39, 0.29) is 0 Å². The van der Waals surface area contributed by atoms with Crippen LogP contribution in [0.5, 0.6) is 0 Å². The lowest BCUT2D eigenvalue weighted by Gasteiger charge is -2.43. The van der Waals surface area contributed by atoms with Crippen LogP contribution in [0, 0.1) is 0 Å². The number of hydrogen-bond acceptors (Lipinski definition) is 3. The first-order chi connectivity index (χ1) is 11.2. The molecule has 0 N–H and O–H groups in total. The molecule has 3 heteroatoms. The van der Waals surface area contributed by atoms with Gasteiger partial charge in [0, 0.05) is 28.8 Å². The highest BCUT2D eigenvalue weighted by atomic mass is 32.1. The van der Waals surface area contributed by atoms with Gasteiger partial charge >= 0.3 is 0 Å². The van der Waals surface area contributed by atoms with Gasteiger partial charge in [0.05, 0.1) is 10.7 Å². The number of nitrogens with zero attached hydrogens (tertiary/aromatic N) is 2. The normalized spacial score (nSPS) is 18.9. The standard InChI is InChI=1S/C20H26N2S/c1-22(2)20(11-6-3-7-12-20)13-10-18-21-19-16-9-5-4-8-15(16)14-17(19)23-18/h4-5,8-9H,3,6-7,10-14H2,1-2H3. The summed E-state index contributed by atoms with van der Waals surface area (Å²) in [6.45, 7) is 0. The zero-order valence-corrected chi connectivity index (χ0v) is 15.1. The van der Waals surface area contributed by atoms with Crippen LogP contribution in [0.4, 0.5) is 0 Å². The van der Waals surface area contributed by atoms with Gasteiger partial charge in [-0.1, -0.05) is 43.5 Å². The SMILES string of the molecule is CN(C)C1(CCc2nc3c(s2)Cc2ccccc2-3)CCCCC1. The first-order valence-corrected chi connectivity index (χ1v) is 9.74. The summed E-state index contributed by atoms with van der Waals surface area (Å²) >= 11 is 1.95. The molecule has 2 aliphatic carbocycles. The van der Waals surface area contributed by atoms with Crippen LogP contribution < -0.4 is 0 Å². The fourth-order valence-electron chi connectivity index (χ4n) is 4.39. The van der Waals surface area contributed by atoms with Crippen molar-refractivity contribution in [3.63, 3.8) is 0 Å². The third kappa shape index (κ3) is 2.74. The maximum absolute atomic E-state index is 5.01. The minimum atomic E-state index is 0.409. The van der Waals surface area contributed by atoms with Gasteiger partial charge < -0.3 is 4.90 Å². The van der Waals surface area contributed by atoms with Crippen molar-refractivity contribution >= 4 is 11.3 Å². The van der Waals surface area contributed by atoms with Crippen LogP contribution in [-0.2, 0) is 12.8 Å². The molecule has 1 aromatic carbocycles. The van der Waals surface area contributed by atoms with E-state index < -0.39 is 0 Å². The Morgan fingerprint density at radius 1 is 1.13 bits per heavy atom. The van der Waals surface area contributed by atoms with Gasteiger partial charge in [-0.15, -0.1) is 11.3 Å². The van der Waals surface area contributed by atoms with Crippen molar-refractivity contribution in [2.45, 2.75) is 56.9 Å². The molecule has 4 rings (SSSR count). The zero-order chi connectivity index (χ0) is 15.9. The number of hydrogen-bond donors (Lipinski definition) is 0. The Labute approximate surface area is 143 Å². The molecule has 0 atom stereocenters. The summed E-state index contributed by atoms with van der Waals surface area (Å²) < 4.78 is 0. The number of fused-ring (bicyclic) bond motifs is 3. The van der Waals surface area contributed by atoms with E-state index in [2.05, 4.69) is 43.3 Å². The molecule has 122 valence electrons. The lowest BCUT2D eigenvalue weighted by atomic mass is 9.77. The van der Waals surface area contributed by atoms with Gasteiger partial charge in [0.2, 0.25) is 0 Å². The predicted octanol–water partition coefficient (Wildman–Crippen LogP) is 4.91. The second kappa shape index (κ2) is 6.03. The van der Waals surface area contributed by atoms with Crippen LogP contribution in [0.15, 0.2) is 24.3 Å².